The van der Waals surface area contributed by atoms with Crippen molar-refractivity contribution in [1.29, 1.82) is 0 Å². The van der Waals surface area contributed by atoms with Gasteiger partial charge in [-0.15, -0.1) is 11.8 Å². The van der Waals surface area contributed by atoms with E-state index in [1.165, 1.54) is 16.0 Å². The molecule has 126 valence electrons. The molecular weight excluding hydrogens is 316 g/mol. The van der Waals surface area contributed by atoms with Crippen LogP contribution in [0.5, 0.6) is 0 Å². The number of amides is 1. The Bertz CT molecular complexity index is 700. The number of carbonyl (C=O) groups is 1. The molecule has 1 unspecified atom stereocenters. The minimum atomic E-state index is 0.109. The maximum absolute atomic E-state index is 12.3. The SMILES string of the molecule is CN(C)CCCSc1cccc2c1NC(=O)CC2c1ccccc1. The highest BCUT2D eigenvalue weighted by Crippen LogP contribution is 2.41. The average Bonchev–Trinajstić information content (AvgIpc) is 2.59. The van der Waals surface area contributed by atoms with Crippen molar-refractivity contribution in [3.63, 3.8) is 0 Å². The zero-order chi connectivity index (χ0) is 16.9. The van der Waals surface area contributed by atoms with Crippen molar-refractivity contribution < 1.29 is 4.79 Å². The molecule has 0 fully saturated rings. The summed E-state index contributed by atoms with van der Waals surface area (Å²) in [6, 6.07) is 16.7. The second-order valence-corrected chi connectivity index (χ2v) is 7.58. The number of fused-ring (bicyclic) bond motifs is 1. The number of benzene rings is 2. The van der Waals surface area contributed by atoms with Crippen LogP contribution >= 0.6 is 11.8 Å². The molecule has 2 aromatic rings. The number of para-hydroxylation sites is 1. The van der Waals surface area contributed by atoms with Crippen LogP contribution in [-0.4, -0.2) is 37.2 Å². The topological polar surface area (TPSA) is 32.3 Å². The van der Waals surface area contributed by atoms with Crippen LogP contribution in [0.25, 0.3) is 0 Å². The van der Waals surface area contributed by atoms with E-state index >= 15 is 0 Å². The van der Waals surface area contributed by atoms with E-state index in [-0.39, 0.29) is 11.8 Å². The Morgan fingerprint density at radius 2 is 1.92 bits per heavy atom. The van der Waals surface area contributed by atoms with Crippen molar-refractivity contribution in [3.05, 3.63) is 59.7 Å². The second kappa shape index (κ2) is 7.86. The van der Waals surface area contributed by atoms with Gasteiger partial charge in [-0.25, -0.2) is 0 Å². The fourth-order valence-corrected chi connectivity index (χ4v) is 4.11. The number of nitrogens with zero attached hydrogens (tertiary/aromatic N) is 1. The molecule has 2 aromatic carbocycles. The van der Waals surface area contributed by atoms with Gasteiger partial charge in [-0.1, -0.05) is 42.5 Å². The summed E-state index contributed by atoms with van der Waals surface area (Å²) in [6.45, 7) is 1.08. The third-order valence-electron chi connectivity index (χ3n) is 4.30. The van der Waals surface area contributed by atoms with Gasteiger partial charge in [0.25, 0.3) is 0 Å². The summed E-state index contributed by atoms with van der Waals surface area (Å²) in [4.78, 5) is 15.6. The van der Waals surface area contributed by atoms with E-state index in [0.717, 1.165) is 24.4 Å². The van der Waals surface area contributed by atoms with Crippen molar-refractivity contribution in [2.75, 3.05) is 31.7 Å². The molecule has 0 radical (unpaired) electrons. The second-order valence-electron chi connectivity index (χ2n) is 6.44. The highest BCUT2D eigenvalue weighted by Gasteiger charge is 2.27. The van der Waals surface area contributed by atoms with E-state index < -0.39 is 0 Å². The summed E-state index contributed by atoms with van der Waals surface area (Å²) < 4.78 is 0. The molecule has 1 heterocycles. The number of nitrogens with one attached hydrogen (secondary N) is 1. The molecule has 3 nitrogen and oxygen atoms in total. The monoisotopic (exact) mass is 340 g/mol. The van der Waals surface area contributed by atoms with Gasteiger partial charge in [0.2, 0.25) is 5.91 Å². The Balaban J connectivity index is 1.83. The lowest BCUT2D eigenvalue weighted by atomic mass is 9.85. The van der Waals surface area contributed by atoms with E-state index in [1.54, 1.807) is 0 Å². The van der Waals surface area contributed by atoms with Gasteiger partial charge in [-0.3, -0.25) is 4.79 Å². The van der Waals surface area contributed by atoms with Crippen LogP contribution in [0.2, 0.25) is 0 Å². The lowest BCUT2D eigenvalue weighted by molar-refractivity contribution is -0.116. The number of carbonyl (C=O) groups excluding carboxylic acids is 1. The van der Waals surface area contributed by atoms with Gasteiger partial charge in [-0.2, -0.15) is 0 Å². The maximum atomic E-state index is 12.3. The molecule has 1 amide bonds. The summed E-state index contributed by atoms with van der Waals surface area (Å²) in [5, 5.41) is 3.11. The lowest BCUT2D eigenvalue weighted by Crippen LogP contribution is -2.24. The summed E-state index contributed by atoms with van der Waals surface area (Å²) >= 11 is 1.83. The third kappa shape index (κ3) is 4.00. The van der Waals surface area contributed by atoms with Crippen molar-refractivity contribution in [1.82, 2.24) is 4.90 Å². The first-order valence-electron chi connectivity index (χ1n) is 8.40. The molecule has 1 atom stereocenters. The Morgan fingerprint density at radius 1 is 1.12 bits per heavy atom. The highest BCUT2D eigenvalue weighted by molar-refractivity contribution is 7.99. The minimum absolute atomic E-state index is 0.109. The van der Waals surface area contributed by atoms with E-state index in [1.807, 2.05) is 30.0 Å². The maximum Gasteiger partial charge on any atom is 0.225 e. The Kier molecular flexibility index (Phi) is 5.59. The predicted octanol–water partition coefficient (Wildman–Crippen LogP) is 4.20. The van der Waals surface area contributed by atoms with Gasteiger partial charge in [-0.05, 0) is 50.0 Å². The van der Waals surface area contributed by atoms with Crippen molar-refractivity contribution in [3.8, 4) is 0 Å². The largest absolute Gasteiger partial charge is 0.325 e. The van der Waals surface area contributed by atoms with E-state index in [0.29, 0.717) is 6.42 Å². The fourth-order valence-electron chi connectivity index (χ4n) is 3.12. The molecule has 4 heteroatoms. The van der Waals surface area contributed by atoms with Gasteiger partial charge in [0.1, 0.15) is 0 Å². The quantitative estimate of drug-likeness (QED) is 0.632. The van der Waals surface area contributed by atoms with Gasteiger partial charge >= 0.3 is 0 Å². The molecule has 1 N–H and O–H groups in total. The standard InChI is InChI=1S/C20H24N2OS/c1-22(2)12-7-13-24-18-11-6-10-16-17(14-19(23)21-20(16)18)15-8-4-3-5-9-15/h3-6,8-11,17H,7,12-14H2,1-2H3,(H,21,23). The Hall–Kier alpha value is -1.78. The summed E-state index contributed by atoms with van der Waals surface area (Å²) in [7, 11) is 4.19. The first-order chi connectivity index (χ1) is 11.6. The number of thioether (sulfide) groups is 1. The Morgan fingerprint density at radius 3 is 2.67 bits per heavy atom. The fraction of sp³-hybridized carbons (Fsp3) is 0.350. The average molecular weight is 340 g/mol. The summed E-state index contributed by atoms with van der Waals surface area (Å²) in [5.74, 6) is 1.32. The minimum Gasteiger partial charge on any atom is -0.325 e. The first-order valence-corrected chi connectivity index (χ1v) is 9.39. The molecule has 0 saturated carbocycles. The van der Waals surface area contributed by atoms with Crippen LogP contribution in [-0.2, 0) is 4.79 Å². The number of rotatable bonds is 6. The van der Waals surface area contributed by atoms with Crippen LogP contribution in [0, 0.1) is 0 Å². The molecule has 0 saturated heterocycles. The van der Waals surface area contributed by atoms with Crippen LogP contribution in [0.3, 0.4) is 0 Å². The number of anilines is 1. The molecule has 0 aliphatic carbocycles. The van der Waals surface area contributed by atoms with Crippen LogP contribution in [0.4, 0.5) is 5.69 Å². The van der Waals surface area contributed by atoms with E-state index in [9.17, 15) is 4.79 Å². The molecule has 1 aliphatic heterocycles. The molecule has 0 aromatic heterocycles. The number of hydrogen-bond acceptors (Lipinski definition) is 3. The van der Waals surface area contributed by atoms with E-state index in [2.05, 4.69) is 54.6 Å². The molecular formula is C20H24N2OS. The van der Waals surface area contributed by atoms with Crippen LogP contribution < -0.4 is 5.32 Å². The lowest BCUT2D eigenvalue weighted by Gasteiger charge is -2.27. The molecule has 3 rings (SSSR count). The predicted molar refractivity (Wildman–Crippen MR) is 102 cm³/mol. The molecule has 24 heavy (non-hydrogen) atoms. The van der Waals surface area contributed by atoms with Gasteiger partial charge in [0, 0.05) is 17.2 Å². The van der Waals surface area contributed by atoms with Gasteiger partial charge < -0.3 is 10.2 Å². The summed E-state index contributed by atoms with van der Waals surface area (Å²) in [6.07, 6.45) is 1.66. The normalized spacial score (nSPS) is 16.8. The van der Waals surface area contributed by atoms with Crippen LogP contribution in [0.15, 0.2) is 53.4 Å². The molecule has 0 spiro atoms. The van der Waals surface area contributed by atoms with Crippen LogP contribution in [0.1, 0.15) is 29.9 Å². The summed E-state index contributed by atoms with van der Waals surface area (Å²) in [5.41, 5.74) is 3.46. The van der Waals surface area contributed by atoms with E-state index in [4.69, 9.17) is 0 Å². The van der Waals surface area contributed by atoms with Crippen molar-refractivity contribution >= 4 is 23.4 Å². The molecule has 0 bridgehead atoms. The first kappa shape index (κ1) is 17.1. The highest BCUT2D eigenvalue weighted by atomic mass is 32.2. The van der Waals surface area contributed by atoms with Gasteiger partial charge in [0.15, 0.2) is 0 Å². The Labute approximate surface area is 148 Å². The zero-order valence-corrected chi connectivity index (χ0v) is 15.1. The van der Waals surface area contributed by atoms with Gasteiger partial charge in [0.05, 0.1) is 5.69 Å². The molecule has 1 aliphatic rings. The number of hydrogen-bond donors (Lipinski definition) is 1. The smallest absolute Gasteiger partial charge is 0.225 e. The van der Waals surface area contributed by atoms with Crippen molar-refractivity contribution in [2.45, 2.75) is 23.7 Å². The van der Waals surface area contributed by atoms with Crippen molar-refractivity contribution in [2.24, 2.45) is 0 Å². The third-order valence-corrected chi connectivity index (χ3v) is 5.44. The zero-order valence-electron chi connectivity index (χ0n) is 14.3.